The van der Waals surface area contributed by atoms with Crippen LogP contribution in [0, 0.1) is 5.92 Å². The van der Waals surface area contributed by atoms with Gasteiger partial charge in [0.1, 0.15) is 0 Å². The molecule has 1 amide bonds. The molecule has 6 heteroatoms. The van der Waals surface area contributed by atoms with Gasteiger partial charge in [0.15, 0.2) is 0 Å². The predicted molar refractivity (Wildman–Crippen MR) is 80.7 cm³/mol. The van der Waals surface area contributed by atoms with Gasteiger partial charge in [-0.1, -0.05) is 26.8 Å². The molecule has 0 unspecified atom stereocenters. The highest BCUT2D eigenvalue weighted by molar-refractivity contribution is 8.13. The molecule has 0 bridgehead atoms. The smallest absolute Gasteiger partial charge is 0.261 e. The van der Waals surface area contributed by atoms with Crippen LogP contribution in [-0.4, -0.2) is 32.8 Å². The average Bonchev–Trinajstić information content (AvgIpc) is 2.35. The van der Waals surface area contributed by atoms with Gasteiger partial charge in [0.05, 0.1) is 4.90 Å². The lowest BCUT2D eigenvalue weighted by Crippen LogP contribution is -2.30. The van der Waals surface area contributed by atoms with Gasteiger partial charge in [0, 0.05) is 29.8 Å². The van der Waals surface area contributed by atoms with Crippen molar-refractivity contribution in [3.63, 3.8) is 0 Å². The Kier molecular flexibility index (Phi) is 5.59. The van der Waals surface area contributed by atoms with Gasteiger partial charge < -0.3 is 4.90 Å². The number of aryl methyl sites for hydroxylation is 1. The Morgan fingerprint density at radius 2 is 1.95 bits per heavy atom. The van der Waals surface area contributed by atoms with Crippen LogP contribution in [0.3, 0.4) is 0 Å². The van der Waals surface area contributed by atoms with Crippen molar-refractivity contribution in [2.75, 3.05) is 13.6 Å². The molecule has 1 aromatic rings. The zero-order chi connectivity index (χ0) is 15.5. The van der Waals surface area contributed by atoms with Crippen LogP contribution in [0.2, 0.25) is 0 Å². The highest BCUT2D eigenvalue weighted by Gasteiger charge is 2.19. The van der Waals surface area contributed by atoms with Crippen molar-refractivity contribution in [3.05, 3.63) is 29.3 Å². The summed E-state index contributed by atoms with van der Waals surface area (Å²) in [5.41, 5.74) is 0.952. The minimum Gasteiger partial charge on any atom is -0.341 e. The summed E-state index contributed by atoms with van der Waals surface area (Å²) in [4.78, 5) is 13.8. The van der Waals surface area contributed by atoms with E-state index in [1.807, 2.05) is 20.8 Å². The largest absolute Gasteiger partial charge is 0.341 e. The predicted octanol–water partition coefficient (Wildman–Crippen LogP) is 2.90. The third kappa shape index (κ3) is 4.21. The fourth-order valence-corrected chi connectivity index (χ4v) is 3.28. The first-order valence-corrected chi connectivity index (χ1v) is 8.80. The average molecular weight is 318 g/mol. The van der Waals surface area contributed by atoms with Crippen molar-refractivity contribution < 1.29 is 13.2 Å². The molecular weight excluding hydrogens is 298 g/mol. The molecule has 1 rings (SSSR count). The van der Waals surface area contributed by atoms with Crippen LogP contribution in [-0.2, 0) is 15.5 Å². The van der Waals surface area contributed by atoms with Gasteiger partial charge in [-0.15, -0.1) is 0 Å². The maximum atomic E-state index is 12.2. The summed E-state index contributed by atoms with van der Waals surface area (Å²) < 4.78 is 23.2. The minimum absolute atomic E-state index is 0.0189. The second-order valence-corrected chi connectivity index (χ2v) is 7.73. The molecule has 1 aromatic carbocycles. The van der Waals surface area contributed by atoms with E-state index in [2.05, 4.69) is 0 Å². The molecule has 20 heavy (non-hydrogen) atoms. The van der Waals surface area contributed by atoms with Crippen LogP contribution in [0.4, 0.5) is 0 Å². The van der Waals surface area contributed by atoms with Gasteiger partial charge in [-0.3, -0.25) is 4.79 Å². The zero-order valence-electron chi connectivity index (χ0n) is 12.2. The number of nitrogens with zero attached hydrogens (tertiary/aromatic N) is 1. The quantitative estimate of drug-likeness (QED) is 0.785. The van der Waals surface area contributed by atoms with E-state index in [1.165, 1.54) is 6.07 Å². The maximum absolute atomic E-state index is 12.2. The van der Waals surface area contributed by atoms with Gasteiger partial charge in [0.2, 0.25) is 0 Å². The number of amides is 1. The molecule has 0 fully saturated rings. The summed E-state index contributed by atoms with van der Waals surface area (Å²) in [6, 6.07) is 4.65. The molecule has 0 spiro atoms. The monoisotopic (exact) mass is 317 g/mol. The highest BCUT2D eigenvalue weighted by atomic mass is 35.7. The topological polar surface area (TPSA) is 54.5 Å². The molecule has 112 valence electrons. The van der Waals surface area contributed by atoms with Crippen molar-refractivity contribution in [3.8, 4) is 0 Å². The summed E-state index contributed by atoms with van der Waals surface area (Å²) in [5, 5.41) is 0. The summed E-state index contributed by atoms with van der Waals surface area (Å²) in [6.45, 7) is 6.47. The van der Waals surface area contributed by atoms with E-state index < -0.39 is 9.05 Å². The van der Waals surface area contributed by atoms with E-state index in [1.54, 1.807) is 24.1 Å². The number of rotatable bonds is 5. The number of halogens is 1. The molecule has 0 aliphatic heterocycles. The third-order valence-corrected chi connectivity index (χ3v) is 4.35. The number of benzene rings is 1. The highest BCUT2D eigenvalue weighted by Crippen LogP contribution is 2.23. The number of carbonyl (C=O) groups excluding carboxylic acids is 1. The van der Waals surface area contributed by atoms with E-state index in [0.717, 1.165) is 0 Å². The zero-order valence-corrected chi connectivity index (χ0v) is 13.8. The molecule has 0 heterocycles. The molecule has 0 radical (unpaired) electrons. The van der Waals surface area contributed by atoms with Crippen LogP contribution < -0.4 is 0 Å². The van der Waals surface area contributed by atoms with E-state index in [9.17, 15) is 13.2 Å². The molecular formula is C14H20ClNO3S. The fourth-order valence-electron chi connectivity index (χ4n) is 2.06. The van der Waals surface area contributed by atoms with Crippen molar-refractivity contribution in [2.45, 2.75) is 32.1 Å². The van der Waals surface area contributed by atoms with Crippen LogP contribution in [0.25, 0.3) is 0 Å². The summed E-state index contributed by atoms with van der Waals surface area (Å²) >= 11 is 0. The van der Waals surface area contributed by atoms with Crippen LogP contribution >= 0.6 is 10.7 Å². The van der Waals surface area contributed by atoms with Crippen LogP contribution in [0.5, 0.6) is 0 Å². The second-order valence-electron chi connectivity index (χ2n) is 5.19. The Morgan fingerprint density at radius 3 is 2.40 bits per heavy atom. The molecule has 0 aliphatic rings. The summed E-state index contributed by atoms with van der Waals surface area (Å²) in [7, 11) is 3.28. The van der Waals surface area contributed by atoms with Crippen molar-refractivity contribution in [1.82, 2.24) is 4.90 Å². The normalized spacial score (nSPS) is 11.7. The van der Waals surface area contributed by atoms with E-state index in [0.29, 0.717) is 30.0 Å². The van der Waals surface area contributed by atoms with Crippen LogP contribution in [0.1, 0.15) is 36.7 Å². The lowest BCUT2D eigenvalue weighted by atomic mass is 10.1. The first-order valence-electron chi connectivity index (χ1n) is 6.49. The molecule has 0 aliphatic carbocycles. The van der Waals surface area contributed by atoms with E-state index in [4.69, 9.17) is 10.7 Å². The third-order valence-electron chi connectivity index (χ3n) is 2.94. The Morgan fingerprint density at radius 1 is 1.35 bits per heavy atom. The first kappa shape index (κ1) is 17.0. The van der Waals surface area contributed by atoms with Crippen LogP contribution in [0.15, 0.2) is 23.1 Å². The number of hydrogen-bond donors (Lipinski definition) is 0. The Labute approximate surface area is 125 Å². The SMILES string of the molecule is CCc1ccc(C(=O)N(C)CC(C)C)cc1S(=O)(=O)Cl. The Hall–Kier alpha value is -1.07. The van der Waals surface area contributed by atoms with E-state index >= 15 is 0 Å². The minimum atomic E-state index is -3.85. The lowest BCUT2D eigenvalue weighted by Gasteiger charge is -2.20. The van der Waals surface area contributed by atoms with Gasteiger partial charge >= 0.3 is 0 Å². The maximum Gasteiger partial charge on any atom is 0.261 e. The number of hydrogen-bond acceptors (Lipinski definition) is 3. The number of carbonyl (C=O) groups is 1. The molecule has 0 aromatic heterocycles. The van der Waals surface area contributed by atoms with Crippen molar-refractivity contribution in [1.29, 1.82) is 0 Å². The van der Waals surface area contributed by atoms with Gasteiger partial charge in [-0.2, -0.15) is 0 Å². The van der Waals surface area contributed by atoms with Gasteiger partial charge in [-0.25, -0.2) is 8.42 Å². The van der Waals surface area contributed by atoms with Crippen molar-refractivity contribution >= 4 is 25.6 Å². The second kappa shape index (κ2) is 6.59. The first-order chi connectivity index (χ1) is 9.16. The summed E-state index contributed by atoms with van der Waals surface area (Å²) in [5.74, 6) is 0.137. The standard InChI is InChI=1S/C14H20ClNO3S/c1-5-11-6-7-12(8-13(11)20(15,18)19)14(17)16(4)9-10(2)3/h6-8,10H,5,9H2,1-4H3. The Bertz CT molecular complexity index is 596. The lowest BCUT2D eigenvalue weighted by molar-refractivity contribution is 0.0779. The van der Waals surface area contributed by atoms with Gasteiger partial charge in [0.25, 0.3) is 15.0 Å². The molecule has 0 N–H and O–H groups in total. The molecule has 0 saturated heterocycles. The Balaban J connectivity index is 3.19. The molecule has 0 atom stereocenters. The van der Waals surface area contributed by atoms with Gasteiger partial charge in [-0.05, 0) is 30.0 Å². The molecule has 4 nitrogen and oxygen atoms in total. The van der Waals surface area contributed by atoms with Crippen molar-refractivity contribution in [2.24, 2.45) is 5.92 Å². The fraction of sp³-hybridized carbons (Fsp3) is 0.500. The molecule has 0 saturated carbocycles. The summed E-state index contributed by atoms with van der Waals surface area (Å²) in [6.07, 6.45) is 0.539. The van der Waals surface area contributed by atoms with E-state index in [-0.39, 0.29) is 10.8 Å².